The van der Waals surface area contributed by atoms with Crippen LogP contribution in [0.2, 0.25) is 5.02 Å². The number of carbonyl (C=O) groups excluding carboxylic acids is 1. The fraction of sp³-hybridized carbons (Fsp3) is 0.200. The molecule has 0 radical (unpaired) electrons. The van der Waals surface area contributed by atoms with Crippen LogP contribution >= 0.6 is 11.6 Å². The van der Waals surface area contributed by atoms with Gasteiger partial charge in [0.1, 0.15) is 11.8 Å². The Morgan fingerprint density at radius 2 is 2.23 bits per heavy atom. The van der Waals surface area contributed by atoms with Gasteiger partial charge in [-0.05, 0) is 25.1 Å². The minimum atomic E-state index is -0.603. The summed E-state index contributed by atoms with van der Waals surface area (Å²) in [4.78, 5) is 12.1. The summed E-state index contributed by atoms with van der Waals surface area (Å²) in [5.74, 6) is -0.0998. The molecule has 0 unspecified atom stereocenters. The van der Waals surface area contributed by atoms with Crippen LogP contribution in [0, 0.1) is 11.3 Å². The predicted molar refractivity (Wildman–Crippen MR) is 82.4 cm³/mol. The van der Waals surface area contributed by atoms with Gasteiger partial charge < -0.3 is 19.8 Å². The van der Waals surface area contributed by atoms with Gasteiger partial charge in [0, 0.05) is 11.9 Å². The molecule has 0 aliphatic rings. The van der Waals surface area contributed by atoms with Crippen LogP contribution in [0.5, 0.6) is 5.75 Å². The molecule has 0 amide bonds. The lowest BCUT2D eigenvalue weighted by Gasteiger charge is -2.11. The van der Waals surface area contributed by atoms with Crippen LogP contribution in [0.25, 0.3) is 5.69 Å². The van der Waals surface area contributed by atoms with Crippen molar-refractivity contribution in [3.05, 3.63) is 40.7 Å². The van der Waals surface area contributed by atoms with Crippen LogP contribution in [0.3, 0.4) is 0 Å². The van der Waals surface area contributed by atoms with Crippen molar-refractivity contribution in [1.29, 1.82) is 5.26 Å². The Hall–Kier alpha value is -2.65. The summed E-state index contributed by atoms with van der Waals surface area (Å²) in [6, 6.07) is 6.93. The van der Waals surface area contributed by atoms with E-state index in [4.69, 9.17) is 32.1 Å². The molecule has 0 saturated heterocycles. The number of benzene rings is 1. The fourth-order valence-electron chi connectivity index (χ4n) is 2.03. The number of rotatable bonds is 4. The first-order valence-electron chi connectivity index (χ1n) is 6.45. The van der Waals surface area contributed by atoms with E-state index in [-0.39, 0.29) is 23.6 Å². The number of nitrogens with zero attached hydrogens (tertiary/aromatic N) is 2. The number of anilines is 1. The Labute approximate surface area is 132 Å². The van der Waals surface area contributed by atoms with Crippen molar-refractivity contribution < 1.29 is 14.3 Å². The number of methoxy groups -OCH3 is 1. The minimum absolute atomic E-state index is 0.0768. The highest BCUT2D eigenvalue weighted by Gasteiger charge is 2.22. The summed E-state index contributed by atoms with van der Waals surface area (Å²) in [6.45, 7) is 1.89. The molecule has 0 fully saturated rings. The van der Waals surface area contributed by atoms with Crippen molar-refractivity contribution in [1.82, 2.24) is 4.57 Å². The lowest BCUT2D eigenvalue weighted by molar-refractivity contribution is 0.0518. The third kappa shape index (κ3) is 2.71. The van der Waals surface area contributed by atoms with E-state index >= 15 is 0 Å². The highest BCUT2D eigenvalue weighted by molar-refractivity contribution is 6.32. The van der Waals surface area contributed by atoms with Crippen LogP contribution in [-0.2, 0) is 4.74 Å². The minimum Gasteiger partial charge on any atom is -0.495 e. The van der Waals surface area contributed by atoms with Crippen molar-refractivity contribution in [3.8, 4) is 17.5 Å². The van der Waals surface area contributed by atoms with E-state index in [2.05, 4.69) is 0 Å². The Morgan fingerprint density at radius 3 is 2.77 bits per heavy atom. The summed E-state index contributed by atoms with van der Waals surface area (Å²) >= 11 is 6.10. The average molecular weight is 320 g/mol. The summed E-state index contributed by atoms with van der Waals surface area (Å²) < 4.78 is 11.6. The highest BCUT2D eigenvalue weighted by atomic mass is 35.5. The number of aromatic nitrogens is 1. The molecule has 6 nitrogen and oxygen atoms in total. The molecule has 0 saturated carbocycles. The zero-order valence-corrected chi connectivity index (χ0v) is 12.8. The van der Waals surface area contributed by atoms with Gasteiger partial charge >= 0.3 is 5.97 Å². The molecule has 0 bridgehead atoms. The standard InChI is InChI=1S/C15H14ClN3O3/c1-3-22-15(20)14-13(18)9(7-17)8-19(14)10-4-5-12(21-2)11(16)6-10/h4-6,8H,3,18H2,1-2H3. The first-order valence-corrected chi connectivity index (χ1v) is 6.83. The summed E-state index contributed by atoms with van der Waals surface area (Å²) in [5.41, 5.74) is 6.81. The Kier molecular flexibility index (Phi) is 4.59. The van der Waals surface area contributed by atoms with Crippen molar-refractivity contribution in [3.63, 3.8) is 0 Å². The molecule has 2 N–H and O–H groups in total. The van der Waals surface area contributed by atoms with Crippen LogP contribution in [-0.4, -0.2) is 24.3 Å². The van der Waals surface area contributed by atoms with Gasteiger partial charge in [-0.25, -0.2) is 4.79 Å². The van der Waals surface area contributed by atoms with Gasteiger partial charge in [-0.1, -0.05) is 11.6 Å². The lowest BCUT2D eigenvalue weighted by Crippen LogP contribution is -2.12. The molecule has 22 heavy (non-hydrogen) atoms. The van der Waals surface area contributed by atoms with Gasteiger partial charge in [0.25, 0.3) is 0 Å². The maximum absolute atomic E-state index is 12.1. The van der Waals surface area contributed by atoms with E-state index in [0.717, 1.165) is 0 Å². The smallest absolute Gasteiger partial charge is 0.357 e. The fourth-order valence-corrected chi connectivity index (χ4v) is 2.28. The zero-order valence-electron chi connectivity index (χ0n) is 12.1. The van der Waals surface area contributed by atoms with Gasteiger partial charge in [0.2, 0.25) is 0 Å². The summed E-state index contributed by atoms with van der Waals surface area (Å²) in [5, 5.41) is 9.49. The van der Waals surface area contributed by atoms with E-state index < -0.39 is 5.97 Å². The van der Waals surface area contributed by atoms with E-state index in [1.165, 1.54) is 17.9 Å². The third-order valence-electron chi connectivity index (χ3n) is 3.05. The SMILES string of the molecule is CCOC(=O)c1c(N)c(C#N)cn1-c1ccc(OC)c(Cl)c1. The second-order valence-electron chi connectivity index (χ2n) is 4.33. The molecule has 0 spiro atoms. The molecule has 0 aliphatic carbocycles. The number of ether oxygens (including phenoxy) is 2. The number of hydrogen-bond acceptors (Lipinski definition) is 5. The third-order valence-corrected chi connectivity index (χ3v) is 3.34. The van der Waals surface area contributed by atoms with E-state index in [9.17, 15) is 4.79 Å². The Balaban J connectivity index is 2.62. The van der Waals surface area contributed by atoms with Gasteiger partial charge in [0.05, 0.1) is 30.0 Å². The largest absolute Gasteiger partial charge is 0.495 e. The quantitative estimate of drug-likeness (QED) is 0.875. The second-order valence-corrected chi connectivity index (χ2v) is 4.73. The average Bonchev–Trinajstić information content (AvgIpc) is 2.84. The van der Waals surface area contributed by atoms with Crippen LogP contribution in [0.1, 0.15) is 23.0 Å². The molecule has 114 valence electrons. The van der Waals surface area contributed by atoms with Crippen LogP contribution < -0.4 is 10.5 Å². The van der Waals surface area contributed by atoms with Crippen molar-refractivity contribution in [2.45, 2.75) is 6.92 Å². The highest BCUT2D eigenvalue weighted by Crippen LogP contribution is 2.30. The predicted octanol–water partition coefficient (Wildman–Crippen LogP) is 2.77. The number of nitrogen functional groups attached to an aromatic ring is 1. The monoisotopic (exact) mass is 319 g/mol. The molecule has 0 atom stereocenters. The van der Waals surface area contributed by atoms with Crippen molar-refractivity contribution >= 4 is 23.3 Å². The molecular formula is C15H14ClN3O3. The number of halogens is 1. The summed E-state index contributed by atoms with van der Waals surface area (Å²) in [7, 11) is 1.51. The number of nitriles is 1. The van der Waals surface area contributed by atoms with Crippen molar-refractivity contribution in [2.24, 2.45) is 0 Å². The van der Waals surface area contributed by atoms with Gasteiger partial charge in [-0.15, -0.1) is 0 Å². The van der Waals surface area contributed by atoms with Crippen LogP contribution in [0.4, 0.5) is 5.69 Å². The van der Waals surface area contributed by atoms with Gasteiger partial charge in [-0.2, -0.15) is 5.26 Å². The van der Waals surface area contributed by atoms with E-state index in [1.807, 2.05) is 6.07 Å². The molecule has 1 heterocycles. The molecule has 2 rings (SSSR count). The normalized spacial score (nSPS) is 10.1. The Bertz CT molecular complexity index is 762. The zero-order chi connectivity index (χ0) is 16.3. The van der Waals surface area contributed by atoms with Crippen LogP contribution in [0.15, 0.2) is 24.4 Å². The number of nitrogens with two attached hydrogens (primary N) is 1. The van der Waals surface area contributed by atoms with E-state index in [0.29, 0.717) is 16.5 Å². The maximum Gasteiger partial charge on any atom is 0.357 e. The number of carbonyl (C=O) groups is 1. The molecule has 0 aliphatic heterocycles. The second kappa shape index (κ2) is 6.41. The first kappa shape index (κ1) is 15.7. The number of hydrogen-bond donors (Lipinski definition) is 1. The Morgan fingerprint density at radius 1 is 1.50 bits per heavy atom. The topological polar surface area (TPSA) is 90.3 Å². The molecule has 1 aromatic heterocycles. The van der Waals surface area contributed by atoms with Gasteiger partial charge in [-0.3, -0.25) is 0 Å². The number of esters is 1. The van der Waals surface area contributed by atoms with Crippen molar-refractivity contribution in [2.75, 3.05) is 19.5 Å². The van der Waals surface area contributed by atoms with E-state index in [1.54, 1.807) is 25.1 Å². The first-order chi connectivity index (χ1) is 10.5. The molecule has 7 heteroatoms. The van der Waals surface area contributed by atoms with Gasteiger partial charge in [0.15, 0.2) is 5.69 Å². The lowest BCUT2D eigenvalue weighted by atomic mass is 10.2. The molecule has 1 aromatic carbocycles. The molecule has 2 aromatic rings. The maximum atomic E-state index is 12.1. The summed E-state index contributed by atoms with van der Waals surface area (Å²) in [6.07, 6.45) is 1.47. The molecular weight excluding hydrogens is 306 g/mol.